The molecule has 1 aromatic carbocycles. The van der Waals surface area contributed by atoms with Crippen molar-refractivity contribution in [3.63, 3.8) is 0 Å². The van der Waals surface area contributed by atoms with Crippen LogP contribution in [0.2, 0.25) is 5.28 Å². The monoisotopic (exact) mass is 291 g/mol. The van der Waals surface area contributed by atoms with E-state index in [1.165, 1.54) is 0 Å². The van der Waals surface area contributed by atoms with E-state index >= 15 is 0 Å². The van der Waals surface area contributed by atoms with Gasteiger partial charge in [-0.3, -0.25) is 0 Å². The molecule has 90 valence electrons. The Kier molecular flexibility index (Phi) is 7.86. The van der Waals surface area contributed by atoms with Gasteiger partial charge in [0.2, 0.25) is 5.28 Å². The van der Waals surface area contributed by atoms with Gasteiger partial charge in [0.05, 0.1) is 0 Å². The van der Waals surface area contributed by atoms with E-state index in [0.717, 1.165) is 21.2 Å². The second-order valence-corrected chi connectivity index (χ2v) is 4.70. The third-order valence-electron chi connectivity index (χ3n) is 1.99. The first-order chi connectivity index (χ1) is 7.65. The number of hydrogen-bond donors (Lipinski definition) is 1. The second-order valence-electron chi connectivity index (χ2n) is 3.30. The molecule has 2 aromatic rings. The Hall–Kier alpha value is -0.300. The standard InChI is InChI=1S/C11H10ClN3S.Na.H2O/c1-7-6-14-11(12)15-10(7)16-9-4-2-8(13)3-5-9;;/h2-6H,13H2,1H3;;1H2/q;+1;/p-1. The van der Waals surface area contributed by atoms with Gasteiger partial charge in [-0.15, -0.1) is 0 Å². The molecule has 0 aliphatic heterocycles. The van der Waals surface area contributed by atoms with Crippen LogP contribution in [0, 0.1) is 6.92 Å². The number of aryl methyl sites for hydroxylation is 1. The van der Waals surface area contributed by atoms with Crippen molar-refractivity contribution in [1.29, 1.82) is 0 Å². The van der Waals surface area contributed by atoms with E-state index in [-0.39, 0.29) is 40.3 Å². The molecule has 0 aliphatic carbocycles. The summed E-state index contributed by atoms with van der Waals surface area (Å²) in [6.45, 7) is 1.95. The summed E-state index contributed by atoms with van der Waals surface area (Å²) in [5, 5.41) is 1.13. The SMILES string of the molecule is Cc1cnc(Cl)nc1Sc1ccc(N)cc1.[Na+].[OH-]. The third kappa shape index (κ3) is 4.76. The quantitative estimate of drug-likeness (QED) is 0.364. The van der Waals surface area contributed by atoms with Crippen molar-refractivity contribution in [2.24, 2.45) is 0 Å². The van der Waals surface area contributed by atoms with Gasteiger partial charge in [0.15, 0.2) is 0 Å². The average Bonchev–Trinajstić information content (AvgIpc) is 2.27. The van der Waals surface area contributed by atoms with Gasteiger partial charge >= 0.3 is 29.6 Å². The third-order valence-corrected chi connectivity index (χ3v) is 3.29. The summed E-state index contributed by atoms with van der Waals surface area (Å²) < 4.78 is 0. The van der Waals surface area contributed by atoms with Gasteiger partial charge in [0.1, 0.15) is 5.03 Å². The molecule has 0 fully saturated rings. The molecule has 1 aromatic heterocycles. The number of anilines is 1. The van der Waals surface area contributed by atoms with Crippen LogP contribution in [-0.4, -0.2) is 15.4 Å². The molecule has 18 heavy (non-hydrogen) atoms. The number of nitrogens with two attached hydrogens (primary N) is 1. The molecule has 0 bridgehead atoms. The van der Waals surface area contributed by atoms with Crippen LogP contribution in [0.25, 0.3) is 0 Å². The van der Waals surface area contributed by atoms with Crippen LogP contribution >= 0.6 is 23.4 Å². The van der Waals surface area contributed by atoms with Crippen LogP contribution in [0.3, 0.4) is 0 Å². The van der Waals surface area contributed by atoms with Crippen molar-refractivity contribution in [3.05, 3.63) is 41.3 Å². The maximum atomic E-state index is 5.75. The van der Waals surface area contributed by atoms with Crippen LogP contribution < -0.4 is 35.3 Å². The second kappa shape index (κ2) is 7.99. The predicted octanol–water partition coefficient (Wildman–Crippen LogP) is -0.000980. The van der Waals surface area contributed by atoms with Crippen LogP contribution in [0.5, 0.6) is 0 Å². The summed E-state index contributed by atoms with van der Waals surface area (Å²) in [6.07, 6.45) is 1.72. The van der Waals surface area contributed by atoms with E-state index < -0.39 is 0 Å². The smallest absolute Gasteiger partial charge is 0.870 e. The minimum absolute atomic E-state index is 0. The summed E-state index contributed by atoms with van der Waals surface area (Å²) in [5.41, 5.74) is 7.38. The van der Waals surface area contributed by atoms with E-state index in [9.17, 15) is 0 Å². The van der Waals surface area contributed by atoms with Crippen LogP contribution in [-0.2, 0) is 0 Å². The Morgan fingerprint density at radius 2 is 1.83 bits per heavy atom. The van der Waals surface area contributed by atoms with Gasteiger partial charge in [0, 0.05) is 22.3 Å². The number of nitrogen functional groups attached to an aromatic ring is 1. The first-order valence-corrected chi connectivity index (χ1v) is 5.87. The van der Waals surface area contributed by atoms with E-state index in [1.54, 1.807) is 18.0 Å². The molecule has 0 spiro atoms. The zero-order valence-electron chi connectivity index (χ0n) is 10.1. The van der Waals surface area contributed by atoms with Gasteiger partial charge < -0.3 is 11.2 Å². The van der Waals surface area contributed by atoms with Gasteiger partial charge in [0.25, 0.3) is 0 Å². The van der Waals surface area contributed by atoms with E-state index in [4.69, 9.17) is 17.3 Å². The van der Waals surface area contributed by atoms with Gasteiger partial charge in [-0.05, 0) is 42.8 Å². The number of rotatable bonds is 2. The minimum atomic E-state index is 0. The van der Waals surface area contributed by atoms with Crippen molar-refractivity contribution in [2.45, 2.75) is 16.8 Å². The van der Waals surface area contributed by atoms with Crippen molar-refractivity contribution < 1.29 is 35.0 Å². The largest absolute Gasteiger partial charge is 1.00 e. The first-order valence-electron chi connectivity index (χ1n) is 4.67. The Bertz CT molecular complexity index is 510. The number of nitrogens with zero attached hydrogens (tertiary/aromatic N) is 2. The Morgan fingerprint density at radius 3 is 2.44 bits per heavy atom. The zero-order chi connectivity index (χ0) is 11.5. The average molecular weight is 292 g/mol. The number of halogens is 1. The number of aromatic nitrogens is 2. The summed E-state index contributed by atoms with van der Waals surface area (Å²) in [7, 11) is 0. The van der Waals surface area contributed by atoms with Gasteiger partial charge in [-0.1, -0.05) is 11.8 Å². The normalized spacial score (nSPS) is 9.22. The summed E-state index contributed by atoms with van der Waals surface area (Å²) >= 11 is 7.30. The van der Waals surface area contributed by atoms with E-state index in [2.05, 4.69) is 9.97 Å². The maximum Gasteiger partial charge on any atom is 1.00 e. The molecule has 0 saturated carbocycles. The van der Waals surface area contributed by atoms with Gasteiger partial charge in [-0.2, -0.15) is 0 Å². The molecule has 0 unspecified atom stereocenters. The fourth-order valence-corrected chi connectivity index (χ4v) is 2.18. The van der Waals surface area contributed by atoms with Crippen molar-refractivity contribution in [2.75, 3.05) is 5.73 Å². The molecule has 0 aliphatic rings. The van der Waals surface area contributed by atoms with E-state index in [0.29, 0.717) is 0 Å². The Balaban J connectivity index is 0.00000144. The molecule has 3 N–H and O–H groups in total. The van der Waals surface area contributed by atoms with Crippen molar-refractivity contribution in [1.82, 2.24) is 9.97 Å². The van der Waals surface area contributed by atoms with Gasteiger partial charge in [-0.25, -0.2) is 9.97 Å². The molecule has 7 heteroatoms. The molecular formula is C11H11ClN3NaOS. The fraction of sp³-hybridized carbons (Fsp3) is 0.0909. The van der Waals surface area contributed by atoms with Crippen molar-refractivity contribution >= 4 is 29.1 Å². The molecule has 1 heterocycles. The molecule has 2 rings (SSSR count). The van der Waals surface area contributed by atoms with Crippen LogP contribution in [0.15, 0.2) is 40.4 Å². The fourth-order valence-electron chi connectivity index (χ4n) is 1.16. The van der Waals surface area contributed by atoms with Crippen LogP contribution in [0.4, 0.5) is 5.69 Å². The predicted molar refractivity (Wildman–Crippen MR) is 68.7 cm³/mol. The Morgan fingerprint density at radius 1 is 1.22 bits per heavy atom. The maximum absolute atomic E-state index is 5.75. The van der Waals surface area contributed by atoms with E-state index in [1.807, 2.05) is 31.2 Å². The summed E-state index contributed by atoms with van der Waals surface area (Å²) in [6, 6.07) is 7.63. The number of hydrogen-bond acceptors (Lipinski definition) is 5. The summed E-state index contributed by atoms with van der Waals surface area (Å²) in [5.74, 6) is 0. The molecule has 0 saturated heterocycles. The molecule has 4 nitrogen and oxygen atoms in total. The molecule has 0 amide bonds. The Labute approximate surface area is 137 Å². The molecule has 0 atom stereocenters. The summed E-state index contributed by atoms with van der Waals surface area (Å²) in [4.78, 5) is 9.17. The minimum Gasteiger partial charge on any atom is -0.870 e. The van der Waals surface area contributed by atoms with Crippen LogP contribution in [0.1, 0.15) is 5.56 Å². The topological polar surface area (TPSA) is 81.8 Å². The molecular weight excluding hydrogens is 281 g/mol. The number of benzene rings is 1. The first kappa shape index (κ1) is 17.7. The van der Waals surface area contributed by atoms with Crippen molar-refractivity contribution in [3.8, 4) is 0 Å². The molecule has 0 radical (unpaired) electrons. The zero-order valence-corrected chi connectivity index (χ0v) is 13.7.